The fourth-order valence-corrected chi connectivity index (χ4v) is 3.09. The normalized spacial score (nSPS) is 11.6. The van der Waals surface area contributed by atoms with Gasteiger partial charge in [0, 0.05) is 24.0 Å². The van der Waals surface area contributed by atoms with E-state index >= 15 is 0 Å². The summed E-state index contributed by atoms with van der Waals surface area (Å²) in [6, 6.07) is 11.3. The zero-order valence-corrected chi connectivity index (χ0v) is 15.0. The summed E-state index contributed by atoms with van der Waals surface area (Å²) in [6.07, 6.45) is 0. The molecule has 3 amide bonds. The largest absolute Gasteiger partial charge is 0.331 e. The van der Waals surface area contributed by atoms with Crippen molar-refractivity contribution < 1.29 is 9.59 Å². The van der Waals surface area contributed by atoms with Crippen molar-refractivity contribution in [3.63, 3.8) is 0 Å². The van der Waals surface area contributed by atoms with Crippen molar-refractivity contribution >= 4 is 29.0 Å². The van der Waals surface area contributed by atoms with Crippen LogP contribution >= 0.6 is 11.3 Å². The molecule has 0 aliphatic heterocycles. The number of anilines is 1. The summed E-state index contributed by atoms with van der Waals surface area (Å²) >= 11 is 1.65. The number of rotatable bonds is 6. The molecule has 1 atom stereocenters. The monoisotopic (exact) mass is 345 g/mol. The maximum atomic E-state index is 12.5. The van der Waals surface area contributed by atoms with Crippen molar-refractivity contribution in [1.29, 1.82) is 0 Å². The Bertz CT molecular complexity index is 685. The molecular formula is C18H23N3O2S. The van der Waals surface area contributed by atoms with E-state index in [1.165, 1.54) is 6.92 Å². The van der Waals surface area contributed by atoms with Crippen LogP contribution in [0, 0.1) is 0 Å². The Morgan fingerprint density at radius 3 is 2.67 bits per heavy atom. The van der Waals surface area contributed by atoms with Crippen LogP contribution in [0.1, 0.15) is 37.3 Å². The number of carbonyl (C=O) groups excluding carboxylic acids is 2. The number of amides is 3. The highest BCUT2D eigenvalue weighted by molar-refractivity contribution is 7.09. The molecule has 2 aromatic rings. The highest BCUT2D eigenvalue weighted by atomic mass is 32.1. The standard InChI is InChI=1S/C18H23N3O2S/c1-4-21(12-17-9-6-10-24-17)18(23)19-13(2)15-7-5-8-16(11-15)20-14(3)22/h5-11,13H,4,12H2,1-3H3,(H,19,23)(H,20,22)/t13-/m0/s1. The van der Waals surface area contributed by atoms with Crippen molar-refractivity contribution in [3.05, 3.63) is 52.2 Å². The number of hydrogen-bond acceptors (Lipinski definition) is 3. The van der Waals surface area contributed by atoms with Crippen molar-refractivity contribution in [2.75, 3.05) is 11.9 Å². The Hall–Kier alpha value is -2.34. The van der Waals surface area contributed by atoms with Crippen LogP contribution in [-0.2, 0) is 11.3 Å². The Kier molecular flexibility index (Phi) is 6.37. The predicted octanol–water partition coefficient (Wildman–Crippen LogP) is 4.00. The Balaban J connectivity index is 2.00. The molecule has 24 heavy (non-hydrogen) atoms. The molecule has 0 spiro atoms. The minimum Gasteiger partial charge on any atom is -0.331 e. The number of carbonyl (C=O) groups is 2. The predicted molar refractivity (Wildman–Crippen MR) is 98.1 cm³/mol. The summed E-state index contributed by atoms with van der Waals surface area (Å²) in [5, 5.41) is 7.79. The second-order valence-corrected chi connectivity index (χ2v) is 6.60. The molecule has 0 aliphatic carbocycles. The maximum absolute atomic E-state index is 12.5. The molecule has 0 saturated carbocycles. The fourth-order valence-electron chi connectivity index (χ4n) is 2.37. The fraction of sp³-hybridized carbons (Fsp3) is 0.333. The molecule has 1 aromatic heterocycles. The van der Waals surface area contributed by atoms with Gasteiger partial charge in [-0.1, -0.05) is 18.2 Å². The van der Waals surface area contributed by atoms with E-state index in [-0.39, 0.29) is 18.0 Å². The highest BCUT2D eigenvalue weighted by Gasteiger charge is 2.16. The van der Waals surface area contributed by atoms with Crippen LogP contribution in [0.3, 0.4) is 0 Å². The Labute approximate surface area is 146 Å². The van der Waals surface area contributed by atoms with Crippen molar-refractivity contribution in [2.24, 2.45) is 0 Å². The quantitative estimate of drug-likeness (QED) is 0.831. The number of nitrogens with one attached hydrogen (secondary N) is 2. The SMILES string of the molecule is CCN(Cc1cccs1)C(=O)N[C@@H](C)c1cccc(NC(C)=O)c1. The summed E-state index contributed by atoms with van der Waals surface area (Å²) in [4.78, 5) is 26.6. The number of nitrogens with zero attached hydrogens (tertiary/aromatic N) is 1. The van der Waals surface area contributed by atoms with Crippen LogP contribution in [0.2, 0.25) is 0 Å². The van der Waals surface area contributed by atoms with E-state index in [9.17, 15) is 9.59 Å². The maximum Gasteiger partial charge on any atom is 0.318 e. The van der Waals surface area contributed by atoms with Crippen molar-refractivity contribution in [1.82, 2.24) is 10.2 Å². The van der Waals surface area contributed by atoms with Crippen LogP contribution in [0.4, 0.5) is 10.5 Å². The lowest BCUT2D eigenvalue weighted by molar-refractivity contribution is -0.114. The first kappa shape index (κ1) is 18.0. The second kappa shape index (κ2) is 8.49. The van der Waals surface area contributed by atoms with Gasteiger partial charge >= 0.3 is 6.03 Å². The molecule has 0 aliphatic rings. The van der Waals surface area contributed by atoms with Crippen LogP contribution in [0.25, 0.3) is 0 Å². The van der Waals surface area contributed by atoms with Gasteiger partial charge in [-0.25, -0.2) is 4.79 Å². The lowest BCUT2D eigenvalue weighted by Gasteiger charge is -2.24. The molecule has 5 nitrogen and oxygen atoms in total. The molecule has 1 aromatic carbocycles. The van der Waals surface area contributed by atoms with E-state index in [2.05, 4.69) is 10.6 Å². The zero-order valence-electron chi connectivity index (χ0n) is 14.2. The molecule has 0 unspecified atom stereocenters. The summed E-state index contributed by atoms with van der Waals surface area (Å²) in [7, 11) is 0. The van der Waals surface area contributed by atoms with Crippen molar-refractivity contribution in [3.8, 4) is 0 Å². The summed E-state index contributed by atoms with van der Waals surface area (Å²) in [5.41, 5.74) is 1.67. The molecule has 2 N–H and O–H groups in total. The van der Waals surface area contributed by atoms with Gasteiger partial charge in [-0.15, -0.1) is 11.3 Å². The number of thiophene rings is 1. The first-order chi connectivity index (χ1) is 11.5. The average molecular weight is 345 g/mol. The number of urea groups is 1. The van der Waals surface area contributed by atoms with Crippen LogP contribution < -0.4 is 10.6 Å². The van der Waals surface area contributed by atoms with Gasteiger partial charge in [-0.05, 0) is 43.0 Å². The molecule has 1 heterocycles. The molecule has 6 heteroatoms. The van der Waals surface area contributed by atoms with Crippen LogP contribution in [0.15, 0.2) is 41.8 Å². The number of hydrogen-bond donors (Lipinski definition) is 2. The third-order valence-corrected chi connectivity index (χ3v) is 4.50. The van der Waals surface area contributed by atoms with Gasteiger partial charge in [0.2, 0.25) is 5.91 Å². The first-order valence-electron chi connectivity index (χ1n) is 7.95. The van der Waals surface area contributed by atoms with E-state index in [1.54, 1.807) is 16.2 Å². The number of benzene rings is 1. The van der Waals surface area contributed by atoms with E-state index in [4.69, 9.17) is 0 Å². The summed E-state index contributed by atoms with van der Waals surface area (Å²) in [5.74, 6) is -0.114. The van der Waals surface area contributed by atoms with E-state index in [0.29, 0.717) is 13.1 Å². The van der Waals surface area contributed by atoms with Gasteiger partial charge in [0.15, 0.2) is 0 Å². The van der Waals surface area contributed by atoms with E-state index in [0.717, 1.165) is 16.1 Å². The third kappa shape index (κ3) is 5.09. The molecule has 128 valence electrons. The topological polar surface area (TPSA) is 61.4 Å². The second-order valence-electron chi connectivity index (χ2n) is 5.57. The van der Waals surface area contributed by atoms with Gasteiger partial charge < -0.3 is 15.5 Å². The van der Waals surface area contributed by atoms with Crippen LogP contribution in [0.5, 0.6) is 0 Å². The lowest BCUT2D eigenvalue weighted by atomic mass is 10.1. The van der Waals surface area contributed by atoms with Gasteiger partial charge in [0.25, 0.3) is 0 Å². The van der Waals surface area contributed by atoms with E-state index in [1.807, 2.05) is 55.6 Å². The zero-order chi connectivity index (χ0) is 17.5. The van der Waals surface area contributed by atoms with Crippen LogP contribution in [-0.4, -0.2) is 23.4 Å². The third-order valence-electron chi connectivity index (χ3n) is 3.64. The molecular weight excluding hydrogens is 322 g/mol. The van der Waals surface area contributed by atoms with E-state index < -0.39 is 0 Å². The van der Waals surface area contributed by atoms with Crippen molar-refractivity contribution in [2.45, 2.75) is 33.4 Å². The Morgan fingerprint density at radius 1 is 1.25 bits per heavy atom. The molecule has 0 fully saturated rings. The minimum absolute atomic E-state index is 0.0941. The Morgan fingerprint density at radius 2 is 2.04 bits per heavy atom. The highest BCUT2D eigenvalue weighted by Crippen LogP contribution is 2.18. The van der Waals surface area contributed by atoms with Gasteiger partial charge in [0.1, 0.15) is 0 Å². The lowest BCUT2D eigenvalue weighted by Crippen LogP contribution is -2.40. The molecule has 2 rings (SSSR count). The average Bonchev–Trinajstić information content (AvgIpc) is 3.05. The smallest absolute Gasteiger partial charge is 0.318 e. The molecule has 0 saturated heterocycles. The minimum atomic E-state index is -0.149. The molecule has 0 radical (unpaired) electrons. The van der Waals surface area contributed by atoms with Gasteiger partial charge in [-0.2, -0.15) is 0 Å². The summed E-state index contributed by atoms with van der Waals surface area (Å²) < 4.78 is 0. The first-order valence-corrected chi connectivity index (χ1v) is 8.83. The summed E-state index contributed by atoms with van der Waals surface area (Å²) in [6.45, 7) is 6.63. The van der Waals surface area contributed by atoms with Gasteiger partial charge in [0.05, 0.1) is 12.6 Å². The van der Waals surface area contributed by atoms with Gasteiger partial charge in [-0.3, -0.25) is 4.79 Å². The molecule has 0 bridgehead atoms.